The number of carbonyl (C=O) groups excluding carboxylic acids is 1. The van der Waals surface area contributed by atoms with Gasteiger partial charge >= 0.3 is 0 Å². The monoisotopic (exact) mass is 395 g/mol. The van der Waals surface area contributed by atoms with E-state index in [2.05, 4.69) is 15.6 Å². The highest BCUT2D eigenvalue weighted by molar-refractivity contribution is 6.30. The second-order valence-electron chi connectivity index (χ2n) is 6.53. The molecule has 0 saturated heterocycles. The number of aromatic nitrogens is 1. The van der Waals surface area contributed by atoms with E-state index < -0.39 is 0 Å². The summed E-state index contributed by atoms with van der Waals surface area (Å²) in [6.07, 6.45) is 1.62. The molecular formula is C22H22ClN3O2. The van der Waals surface area contributed by atoms with Crippen LogP contribution in [0.1, 0.15) is 29.9 Å². The smallest absolute Gasteiger partial charge is 0.274 e. The highest BCUT2D eigenvalue weighted by atomic mass is 35.5. The molecule has 144 valence electrons. The molecule has 0 spiro atoms. The standard InChI is InChI=1S/C22H22ClN3O2/c1-15(2)28-21-6-4-3-5-19(21)26-22(27)20-13-18(11-12-24-20)25-14-16-7-9-17(23)10-8-16/h3-13,15H,14H2,1-2H3,(H,24,25)(H,26,27). The topological polar surface area (TPSA) is 63.2 Å². The van der Waals surface area contributed by atoms with Crippen LogP contribution in [0.25, 0.3) is 0 Å². The van der Waals surface area contributed by atoms with Crippen LogP contribution in [-0.4, -0.2) is 17.0 Å². The lowest BCUT2D eigenvalue weighted by molar-refractivity contribution is 0.102. The highest BCUT2D eigenvalue weighted by Crippen LogP contribution is 2.25. The summed E-state index contributed by atoms with van der Waals surface area (Å²) in [6.45, 7) is 4.50. The van der Waals surface area contributed by atoms with Crippen molar-refractivity contribution < 1.29 is 9.53 Å². The Morgan fingerprint density at radius 3 is 2.61 bits per heavy atom. The largest absolute Gasteiger partial charge is 0.489 e. The summed E-state index contributed by atoms with van der Waals surface area (Å²) in [6, 6.07) is 18.5. The van der Waals surface area contributed by atoms with Gasteiger partial charge in [0.2, 0.25) is 0 Å². The van der Waals surface area contributed by atoms with E-state index >= 15 is 0 Å². The summed E-state index contributed by atoms with van der Waals surface area (Å²) < 4.78 is 5.74. The molecule has 5 nitrogen and oxygen atoms in total. The minimum atomic E-state index is -0.296. The van der Waals surface area contributed by atoms with Gasteiger partial charge in [-0.15, -0.1) is 0 Å². The number of nitrogens with zero attached hydrogens (tertiary/aromatic N) is 1. The van der Waals surface area contributed by atoms with Crippen molar-refractivity contribution in [2.45, 2.75) is 26.5 Å². The van der Waals surface area contributed by atoms with E-state index in [0.717, 1.165) is 11.3 Å². The van der Waals surface area contributed by atoms with Crippen LogP contribution >= 0.6 is 11.6 Å². The first-order valence-corrected chi connectivity index (χ1v) is 9.40. The molecule has 0 aliphatic carbocycles. The quantitative estimate of drug-likeness (QED) is 0.563. The summed E-state index contributed by atoms with van der Waals surface area (Å²) in [7, 11) is 0. The molecular weight excluding hydrogens is 374 g/mol. The second kappa shape index (κ2) is 9.24. The Hall–Kier alpha value is -3.05. The van der Waals surface area contributed by atoms with Gasteiger partial charge in [-0.25, -0.2) is 0 Å². The molecule has 0 bridgehead atoms. The van der Waals surface area contributed by atoms with Crippen LogP contribution in [0.3, 0.4) is 0 Å². The maximum atomic E-state index is 12.6. The number of para-hydroxylation sites is 2. The number of anilines is 2. The van der Waals surface area contributed by atoms with Crippen molar-refractivity contribution in [3.05, 3.63) is 83.1 Å². The number of amides is 1. The predicted molar refractivity (Wildman–Crippen MR) is 113 cm³/mol. The third kappa shape index (κ3) is 5.47. The first kappa shape index (κ1) is 19.7. The number of ether oxygens (including phenoxy) is 1. The van der Waals surface area contributed by atoms with Crippen molar-refractivity contribution >= 4 is 28.9 Å². The van der Waals surface area contributed by atoms with Crippen LogP contribution in [0.2, 0.25) is 5.02 Å². The van der Waals surface area contributed by atoms with Crippen molar-refractivity contribution in [2.24, 2.45) is 0 Å². The molecule has 0 aliphatic heterocycles. The Morgan fingerprint density at radius 2 is 1.86 bits per heavy atom. The van der Waals surface area contributed by atoms with Crippen molar-refractivity contribution in [1.82, 2.24) is 4.98 Å². The molecule has 0 fully saturated rings. The molecule has 3 aromatic rings. The Kier molecular flexibility index (Phi) is 6.50. The number of hydrogen-bond acceptors (Lipinski definition) is 4. The summed E-state index contributed by atoms with van der Waals surface area (Å²) in [4.78, 5) is 16.8. The predicted octanol–water partition coefficient (Wildman–Crippen LogP) is 5.39. The molecule has 0 radical (unpaired) electrons. The molecule has 0 saturated carbocycles. The van der Waals surface area contributed by atoms with Crippen molar-refractivity contribution in [1.29, 1.82) is 0 Å². The molecule has 1 heterocycles. The van der Waals surface area contributed by atoms with Crippen LogP contribution < -0.4 is 15.4 Å². The third-order valence-corrected chi connectivity index (χ3v) is 4.15. The zero-order chi connectivity index (χ0) is 19.9. The van der Waals surface area contributed by atoms with Gasteiger partial charge in [-0.2, -0.15) is 0 Å². The molecule has 3 rings (SSSR count). The third-order valence-electron chi connectivity index (χ3n) is 3.90. The maximum absolute atomic E-state index is 12.6. The Bertz CT molecular complexity index is 943. The number of nitrogens with one attached hydrogen (secondary N) is 2. The van der Waals surface area contributed by atoms with E-state index in [1.165, 1.54) is 0 Å². The molecule has 28 heavy (non-hydrogen) atoms. The van der Waals surface area contributed by atoms with Gasteiger partial charge in [0.1, 0.15) is 11.4 Å². The fourth-order valence-corrected chi connectivity index (χ4v) is 2.71. The van der Waals surface area contributed by atoms with Crippen molar-refractivity contribution in [3.8, 4) is 5.75 Å². The van der Waals surface area contributed by atoms with Crippen LogP contribution in [0, 0.1) is 0 Å². The Morgan fingerprint density at radius 1 is 1.11 bits per heavy atom. The maximum Gasteiger partial charge on any atom is 0.274 e. The fraction of sp³-hybridized carbons (Fsp3) is 0.182. The average Bonchev–Trinajstić information content (AvgIpc) is 2.69. The molecule has 1 amide bonds. The van der Waals surface area contributed by atoms with Gasteiger partial charge in [0, 0.05) is 23.5 Å². The Balaban J connectivity index is 1.68. The van der Waals surface area contributed by atoms with Crippen LogP contribution in [0.5, 0.6) is 5.75 Å². The SMILES string of the molecule is CC(C)Oc1ccccc1NC(=O)c1cc(NCc2ccc(Cl)cc2)ccn1. The summed E-state index contributed by atoms with van der Waals surface area (Å²) in [5, 5.41) is 6.86. The van der Waals surface area contributed by atoms with Gasteiger partial charge in [-0.05, 0) is 55.8 Å². The van der Waals surface area contributed by atoms with Crippen molar-refractivity contribution in [3.63, 3.8) is 0 Å². The van der Waals surface area contributed by atoms with Crippen LogP contribution in [-0.2, 0) is 6.54 Å². The van der Waals surface area contributed by atoms with Gasteiger partial charge in [0.15, 0.2) is 0 Å². The van der Waals surface area contributed by atoms with Gasteiger partial charge in [-0.3, -0.25) is 9.78 Å². The number of halogens is 1. The molecule has 0 unspecified atom stereocenters. The summed E-state index contributed by atoms with van der Waals surface area (Å²) >= 11 is 5.91. The van der Waals surface area contributed by atoms with E-state index in [9.17, 15) is 4.79 Å². The first-order chi connectivity index (χ1) is 13.5. The molecule has 1 aromatic heterocycles. The molecule has 2 N–H and O–H groups in total. The minimum absolute atomic E-state index is 0.0107. The number of hydrogen-bond donors (Lipinski definition) is 2. The van der Waals surface area contributed by atoms with E-state index in [-0.39, 0.29) is 12.0 Å². The lowest BCUT2D eigenvalue weighted by Gasteiger charge is -2.15. The number of pyridine rings is 1. The first-order valence-electron chi connectivity index (χ1n) is 9.02. The molecule has 0 aliphatic rings. The van der Waals surface area contributed by atoms with Crippen LogP contribution in [0.15, 0.2) is 66.9 Å². The van der Waals surface area contributed by atoms with E-state index in [4.69, 9.17) is 16.3 Å². The number of carbonyl (C=O) groups is 1. The summed E-state index contributed by atoms with van der Waals surface area (Å²) in [5.74, 6) is 0.331. The molecule has 0 atom stereocenters. The van der Waals surface area contributed by atoms with E-state index in [1.54, 1.807) is 18.3 Å². The fourth-order valence-electron chi connectivity index (χ4n) is 2.58. The van der Waals surface area contributed by atoms with Gasteiger partial charge in [0.05, 0.1) is 11.8 Å². The average molecular weight is 396 g/mol. The number of benzene rings is 2. The highest BCUT2D eigenvalue weighted by Gasteiger charge is 2.12. The lowest BCUT2D eigenvalue weighted by Crippen LogP contribution is -2.16. The van der Waals surface area contributed by atoms with E-state index in [0.29, 0.717) is 28.7 Å². The summed E-state index contributed by atoms with van der Waals surface area (Å²) in [5.41, 5.74) is 2.83. The van der Waals surface area contributed by atoms with Crippen LogP contribution in [0.4, 0.5) is 11.4 Å². The van der Waals surface area contributed by atoms with E-state index in [1.807, 2.05) is 62.4 Å². The van der Waals surface area contributed by atoms with Crippen molar-refractivity contribution in [2.75, 3.05) is 10.6 Å². The lowest BCUT2D eigenvalue weighted by atomic mass is 10.2. The van der Waals surface area contributed by atoms with Gasteiger partial charge < -0.3 is 15.4 Å². The van der Waals surface area contributed by atoms with Gasteiger partial charge in [-0.1, -0.05) is 35.9 Å². The second-order valence-corrected chi connectivity index (χ2v) is 6.96. The normalized spacial score (nSPS) is 10.6. The minimum Gasteiger partial charge on any atom is -0.489 e. The number of rotatable bonds is 7. The Labute approximate surface area is 169 Å². The molecule has 2 aromatic carbocycles. The zero-order valence-corrected chi connectivity index (χ0v) is 16.5. The zero-order valence-electron chi connectivity index (χ0n) is 15.8. The van der Waals surface area contributed by atoms with Gasteiger partial charge in [0.25, 0.3) is 5.91 Å². The molecule has 6 heteroatoms.